The molecule has 0 unspecified atom stereocenters. The first-order valence-electron chi connectivity index (χ1n) is 7.05. The van der Waals surface area contributed by atoms with Gasteiger partial charge < -0.3 is 10.0 Å². The molecule has 0 saturated carbocycles. The van der Waals surface area contributed by atoms with Crippen molar-refractivity contribution >= 4 is 0 Å². The van der Waals surface area contributed by atoms with Crippen molar-refractivity contribution < 1.29 is 5.11 Å². The number of aliphatic hydroxyl groups is 1. The number of piperazine rings is 1. The number of aliphatic hydroxyl groups excluding tert-OH is 1. The first kappa shape index (κ1) is 14.5. The highest BCUT2D eigenvalue weighted by Gasteiger charge is 2.25. The second kappa shape index (κ2) is 6.03. The molecule has 1 aliphatic heterocycles. The van der Waals surface area contributed by atoms with E-state index in [1.165, 1.54) is 11.3 Å². The Bertz CT molecular complexity index is 429. The van der Waals surface area contributed by atoms with Crippen LogP contribution in [0.25, 0.3) is 0 Å². The van der Waals surface area contributed by atoms with Gasteiger partial charge in [-0.1, -0.05) is 0 Å². The van der Waals surface area contributed by atoms with E-state index in [9.17, 15) is 0 Å². The maximum atomic E-state index is 9.15. The molecule has 19 heavy (non-hydrogen) atoms. The predicted octanol–water partition coefficient (Wildman–Crippen LogP) is 0.535. The highest BCUT2D eigenvalue weighted by atomic mass is 16.3. The van der Waals surface area contributed by atoms with Crippen molar-refractivity contribution in [1.82, 2.24) is 19.6 Å². The lowest BCUT2D eigenvalue weighted by Crippen LogP contribution is -2.51. The van der Waals surface area contributed by atoms with Crippen LogP contribution in [-0.4, -0.2) is 64.0 Å². The number of aromatic nitrogens is 2. The minimum atomic E-state index is 0.272. The van der Waals surface area contributed by atoms with Crippen LogP contribution in [0.15, 0.2) is 0 Å². The van der Waals surface area contributed by atoms with Gasteiger partial charge >= 0.3 is 0 Å². The fourth-order valence-corrected chi connectivity index (χ4v) is 2.88. The first-order valence-corrected chi connectivity index (χ1v) is 7.05. The van der Waals surface area contributed by atoms with Crippen molar-refractivity contribution in [2.24, 2.45) is 7.05 Å². The molecule has 1 aliphatic rings. The molecule has 1 aromatic rings. The maximum Gasteiger partial charge on any atom is 0.0641 e. The molecule has 0 aromatic carbocycles. The van der Waals surface area contributed by atoms with Gasteiger partial charge in [0.1, 0.15) is 0 Å². The molecule has 0 radical (unpaired) electrons. The fourth-order valence-electron chi connectivity index (χ4n) is 2.88. The van der Waals surface area contributed by atoms with Crippen LogP contribution in [0.1, 0.15) is 23.4 Å². The zero-order valence-corrected chi connectivity index (χ0v) is 12.6. The van der Waals surface area contributed by atoms with E-state index in [1.54, 1.807) is 0 Å². The molecule has 0 amide bonds. The largest absolute Gasteiger partial charge is 0.396 e. The van der Waals surface area contributed by atoms with E-state index < -0.39 is 0 Å². The Labute approximate surface area is 115 Å². The van der Waals surface area contributed by atoms with E-state index in [-0.39, 0.29) is 6.61 Å². The minimum absolute atomic E-state index is 0.272. The van der Waals surface area contributed by atoms with Crippen molar-refractivity contribution in [3.8, 4) is 0 Å². The van der Waals surface area contributed by atoms with Gasteiger partial charge in [0.2, 0.25) is 0 Å². The summed E-state index contributed by atoms with van der Waals surface area (Å²) >= 11 is 0. The van der Waals surface area contributed by atoms with E-state index in [4.69, 9.17) is 5.11 Å². The Hall–Kier alpha value is -0.910. The molecule has 1 atom stereocenters. The summed E-state index contributed by atoms with van der Waals surface area (Å²) in [5.74, 6) is 0. The smallest absolute Gasteiger partial charge is 0.0641 e. The summed E-state index contributed by atoms with van der Waals surface area (Å²) in [7, 11) is 4.16. The van der Waals surface area contributed by atoms with E-state index in [1.807, 2.05) is 11.7 Å². The zero-order valence-electron chi connectivity index (χ0n) is 12.6. The van der Waals surface area contributed by atoms with Crippen LogP contribution in [-0.2, 0) is 13.6 Å². The number of hydrogen-bond acceptors (Lipinski definition) is 4. The van der Waals surface area contributed by atoms with Gasteiger partial charge in [-0.25, -0.2) is 0 Å². The Morgan fingerprint density at radius 3 is 2.58 bits per heavy atom. The second-order valence-electron chi connectivity index (χ2n) is 5.65. The highest BCUT2D eigenvalue weighted by molar-refractivity contribution is 5.24. The molecule has 2 rings (SSSR count). The number of likely N-dealkylation sites (N-methyl/N-ethyl adjacent to an activating group) is 1. The molecule has 0 bridgehead atoms. The standard InChI is InChI=1S/C14H26N4O/c1-11-14(12(2)17(4)15-11)10-18-7-6-16(3)13(9-18)5-8-19/h13,19H,5-10H2,1-4H3/t13-/m1/s1. The second-order valence-corrected chi connectivity index (χ2v) is 5.65. The molecule has 108 valence electrons. The molecule has 2 heterocycles. The van der Waals surface area contributed by atoms with E-state index in [0.717, 1.165) is 38.3 Å². The predicted molar refractivity (Wildman–Crippen MR) is 76.1 cm³/mol. The van der Waals surface area contributed by atoms with Crippen LogP contribution in [0.5, 0.6) is 0 Å². The third-order valence-electron chi connectivity index (χ3n) is 4.36. The average Bonchev–Trinajstić information content (AvgIpc) is 2.60. The summed E-state index contributed by atoms with van der Waals surface area (Å²) in [5, 5.41) is 13.6. The lowest BCUT2D eigenvalue weighted by Gasteiger charge is -2.39. The molecular formula is C14H26N4O. The maximum absolute atomic E-state index is 9.15. The van der Waals surface area contributed by atoms with E-state index in [2.05, 4.69) is 35.8 Å². The van der Waals surface area contributed by atoms with Gasteiger partial charge in [-0.15, -0.1) is 0 Å². The van der Waals surface area contributed by atoms with Crippen LogP contribution in [0.2, 0.25) is 0 Å². The van der Waals surface area contributed by atoms with Crippen LogP contribution < -0.4 is 0 Å². The topological polar surface area (TPSA) is 44.5 Å². The SMILES string of the molecule is Cc1nn(C)c(C)c1CN1CCN(C)[C@H](CCO)C1. The molecule has 5 heteroatoms. The summed E-state index contributed by atoms with van der Waals surface area (Å²) in [5.41, 5.74) is 3.75. The van der Waals surface area contributed by atoms with Crippen molar-refractivity contribution in [2.75, 3.05) is 33.3 Å². The molecular weight excluding hydrogens is 240 g/mol. The number of hydrogen-bond donors (Lipinski definition) is 1. The van der Waals surface area contributed by atoms with Gasteiger partial charge in [-0.3, -0.25) is 9.58 Å². The number of rotatable bonds is 4. The van der Waals surface area contributed by atoms with Gasteiger partial charge in [0.15, 0.2) is 0 Å². The molecule has 0 spiro atoms. The highest BCUT2D eigenvalue weighted by Crippen LogP contribution is 2.18. The average molecular weight is 266 g/mol. The molecule has 1 fully saturated rings. The van der Waals surface area contributed by atoms with Crippen LogP contribution >= 0.6 is 0 Å². The van der Waals surface area contributed by atoms with E-state index in [0.29, 0.717) is 6.04 Å². The van der Waals surface area contributed by atoms with Gasteiger partial charge in [-0.05, 0) is 27.3 Å². The number of aryl methyl sites for hydroxylation is 2. The summed E-state index contributed by atoms with van der Waals surface area (Å²) in [6.07, 6.45) is 0.859. The summed E-state index contributed by atoms with van der Waals surface area (Å²) in [6, 6.07) is 0.469. The minimum Gasteiger partial charge on any atom is -0.396 e. The van der Waals surface area contributed by atoms with Gasteiger partial charge in [0.05, 0.1) is 5.69 Å². The lowest BCUT2D eigenvalue weighted by atomic mass is 10.1. The fraction of sp³-hybridized carbons (Fsp3) is 0.786. The Morgan fingerprint density at radius 1 is 1.26 bits per heavy atom. The van der Waals surface area contributed by atoms with Crippen molar-refractivity contribution in [3.05, 3.63) is 17.0 Å². The number of nitrogens with zero attached hydrogens (tertiary/aromatic N) is 4. The van der Waals surface area contributed by atoms with Crippen LogP contribution in [0.3, 0.4) is 0 Å². The molecule has 1 aromatic heterocycles. The molecule has 5 nitrogen and oxygen atoms in total. The monoisotopic (exact) mass is 266 g/mol. The van der Waals surface area contributed by atoms with E-state index >= 15 is 0 Å². The molecule has 1 N–H and O–H groups in total. The Morgan fingerprint density at radius 2 is 2.00 bits per heavy atom. The normalized spacial score (nSPS) is 22.1. The molecule has 0 aliphatic carbocycles. The van der Waals surface area contributed by atoms with Crippen LogP contribution in [0.4, 0.5) is 0 Å². The zero-order chi connectivity index (χ0) is 14.0. The first-order chi connectivity index (χ1) is 9.02. The summed E-state index contributed by atoms with van der Waals surface area (Å²) in [6.45, 7) is 8.66. The Kier molecular flexibility index (Phi) is 4.60. The van der Waals surface area contributed by atoms with Gasteiger partial charge in [0.25, 0.3) is 0 Å². The third-order valence-corrected chi connectivity index (χ3v) is 4.36. The summed E-state index contributed by atoms with van der Waals surface area (Å²) < 4.78 is 1.96. The third kappa shape index (κ3) is 3.16. The quantitative estimate of drug-likeness (QED) is 0.864. The van der Waals surface area contributed by atoms with Crippen molar-refractivity contribution in [3.63, 3.8) is 0 Å². The summed E-state index contributed by atoms with van der Waals surface area (Å²) in [4.78, 5) is 4.84. The molecule has 1 saturated heterocycles. The van der Waals surface area contributed by atoms with Crippen LogP contribution in [0, 0.1) is 13.8 Å². The van der Waals surface area contributed by atoms with Gasteiger partial charge in [-0.2, -0.15) is 5.10 Å². The van der Waals surface area contributed by atoms with Gasteiger partial charge in [0, 0.05) is 57.1 Å². The van der Waals surface area contributed by atoms with Crippen molar-refractivity contribution in [1.29, 1.82) is 0 Å². The lowest BCUT2D eigenvalue weighted by molar-refractivity contribution is 0.0741. The Balaban J connectivity index is 2.03. The van der Waals surface area contributed by atoms with Crippen molar-refractivity contribution in [2.45, 2.75) is 32.9 Å².